The Morgan fingerprint density at radius 3 is 2.10 bits per heavy atom. The van der Waals surface area contributed by atoms with E-state index in [4.69, 9.17) is 23.2 Å². The van der Waals surface area contributed by atoms with Crippen molar-refractivity contribution in [1.29, 1.82) is 0 Å². The van der Waals surface area contributed by atoms with E-state index in [0.29, 0.717) is 5.56 Å². The molecule has 0 saturated heterocycles. The number of sulfonamides is 1. The van der Waals surface area contributed by atoms with Crippen LogP contribution >= 0.6 is 23.2 Å². The van der Waals surface area contributed by atoms with Crippen molar-refractivity contribution in [3.05, 3.63) is 63.9 Å². The molecule has 7 heteroatoms. The molecular formula is C14H12Cl2FNO2S. The van der Waals surface area contributed by atoms with Crippen LogP contribution in [0.15, 0.2) is 47.4 Å². The van der Waals surface area contributed by atoms with E-state index in [1.807, 2.05) is 0 Å². The van der Waals surface area contributed by atoms with Gasteiger partial charge < -0.3 is 0 Å². The molecule has 0 fully saturated rings. The van der Waals surface area contributed by atoms with Gasteiger partial charge in [-0.25, -0.2) is 17.5 Å². The van der Waals surface area contributed by atoms with Gasteiger partial charge in [-0.3, -0.25) is 0 Å². The highest BCUT2D eigenvalue weighted by molar-refractivity contribution is 7.89. The SMILES string of the molecule is CC(NS(=O)(=O)c1c(Cl)cccc1Cl)c1ccc(F)cc1. The van der Waals surface area contributed by atoms with Gasteiger partial charge >= 0.3 is 0 Å². The van der Waals surface area contributed by atoms with E-state index >= 15 is 0 Å². The molecule has 0 saturated carbocycles. The molecule has 0 aliphatic heterocycles. The first-order chi connectivity index (χ1) is 9.81. The molecule has 2 aromatic rings. The van der Waals surface area contributed by atoms with Crippen molar-refractivity contribution in [1.82, 2.24) is 4.72 Å². The third-order valence-corrected chi connectivity index (χ3v) is 5.38. The fraction of sp³-hybridized carbons (Fsp3) is 0.143. The molecule has 1 N–H and O–H groups in total. The Bertz CT molecular complexity index is 728. The quantitative estimate of drug-likeness (QED) is 0.901. The highest BCUT2D eigenvalue weighted by atomic mass is 35.5. The van der Waals surface area contributed by atoms with Crippen molar-refractivity contribution in [2.45, 2.75) is 17.9 Å². The molecule has 21 heavy (non-hydrogen) atoms. The minimum atomic E-state index is -3.89. The summed E-state index contributed by atoms with van der Waals surface area (Å²) in [6.07, 6.45) is 0. The van der Waals surface area contributed by atoms with Gasteiger partial charge in [0, 0.05) is 6.04 Å². The fourth-order valence-electron chi connectivity index (χ4n) is 1.85. The van der Waals surface area contributed by atoms with Crippen LogP contribution in [0.25, 0.3) is 0 Å². The molecular weight excluding hydrogens is 336 g/mol. The van der Waals surface area contributed by atoms with E-state index in [0.717, 1.165) is 0 Å². The summed E-state index contributed by atoms with van der Waals surface area (Å²) in [5.74, 6) is -0.386. The van der Waals surface area contributed by atoms with Gasteiger partial charge in [0.15, 0.2) is 0 Å². The molecule has 1 unspecified atom stereocenters. The zero-order chi connectivity index (χ0) is 15.6. The van der Waals surface area contributed by atoms with Crippen LogP contribution in [0.3, 0.4) is 0 Å². The van der Waals surface area contributed by atoms with Crippen LogP contribution in [0.2, 0.25) is 10.0 Å². The second-order valence-corrected chi connectivity index (χ2v) is 6.91. The summed E-state index contributed by atoms with van der Waals surface area (Å²) < 4.78 is 40.1. The van der Waals surface area contributed by atoms with Gasteiger partial charge in [0.25, 0.3) is 0 Å². The van der Waals surface area contributed by atoms with Crippen molar-refractivity contribution in [3.8, 4) is 0 Å². The summed E-state index contributed by atoms with van der Waals surface area (Å²) in [6, 6.07) is 9.46. The molecule has 0 aromatic heterocycles. The zero-order valence-electron chi connectivity index (χ0n) is 11.0. The second kappa shape index (κ2) is 6.32. The number of nitrogens with one attached hydrogen (secondary N) is 1. The maximum absolute atomic E-state index is 12.9. The van der Waals surface area contributed by atoms with E-state index in [1.54, 1.807) is 13.0 Å². The van der Waals surface area contributed by atoms with Crippen LogP contribution < -0.4 is 4.72 Å². The highest BCUT2D eigenvalue weighted by Gasteiger charge is 2.23. The van der Waals surface area contributed by atoms with E-state index in [-0.39, 0.29) is 20.8 Å². The molecule has 0 aliphatic carbocycles. The maximum Gasteiger partial charge on any atom is 0.244 e. The van der Waals surface area contributed by atoms with Crippen molar-refractivity contribution >= 4 is 33.2 Å². The minimum absolute atomic E-state index is 0.0429. The molecule has 2 aromatic carbocycles. The van der Waals surface area contributed by atoms with Gasteiger partial charge in [-0.2, -0.15) is 0 Å². The number of hydrogen-bond acceptors (Lipinski definition) is 2. The lowest BCUT2D eigenvalue weighted by atomic mass is 10.1. The van der Waals surface area contributed by atoms with E-state index < -0.39 is 16.1 Å². The largest absolute Gasteiger partial charge is 0.244 e. The highest BCUT2D eigenvalue weighted by Crippen LogP contribution is 2.30. The average Bonchev–Trinajstić information content (AvgIpc) is 2.38. The number of halogens is 3. The monoisotopic (exact) mass is 347 g/mol. The second-order valence-electron chi connectivity index (χ2n) is 4.45. The predicted molar refractivity (Wildman–Crippen MR) is 81.6 cm³/mol. The van der Waals surface area contributed by atoms with Crippen LogP contribution in [0.4, 0.5) is 4.39 Å². The standard InChI is InChI=1S/C14H12Cl2FNO2S/c1-9(10-5-7-11(17)8-6-10)18-21(19,20)14-12(15)3-2-4-13(14)16/h2-9,18H,1H3. The molecule has 0 heterocycles. The van der Waals surface area contributed by atoms with Crippen molar-refractivity contribution in [2.24, 2.45) is 0 Å². The fourth-order valence-corrected chi connectivity index (χ4v) is 4.23. The molecule has 0 aliphatic rings. The van der Waals surface area contributed by atoms with Crippen LogP contribution in [-0.2, 0) is 10.0 Å². The van der Waals surface area contributed by atoms with Crippen LogP contribution in [0, 0.1) is 5.82 Å². The van der Waals surface area contributed by atoms with Crippen molar-refractivity contribution in [2.75, 3.05) is 0 Å². The molecule has 0 bridgehead atoms. The van der Waals surface area contributed by atoms with Crippen molar-refractivity contribution < 1.29 is 12.8 Å². The van der Waals surface area contributed by atoms with Gasteiger partial charge in [0.2, 0.25) is 10.0 Å². The van der Waals surface area contributed by atoms with E-state index in [9.17, 15) is 12.8 Å². The zero-order valence-corrected chi connectivity index (χ0v) is 13.3. The number of benzene rings is 2. The van der Waals surface area contributed by atoms with Crippen LogP contribution in [-0.4, -0.2) is 8.42 Å². The number of rotatable bonds is 4. The summed E-state index contributed by atoms with van der Waals surface area (Å²) in [5, 5.41) is 0.0858. The summed E-state index contributed by atoms with van der Waals surface area (Å²) >= 11 is 11.8. The lowest BCUT2D eigenvalue weighted by Crippen LogP contribution is -2.27. The van der Waals surface area contributed by atoms with Crippen LogP contribution in [0.5, 0.6) is 0 Å². The van der Waals surface area contributed by atoms with E-state index in [2.05, 4.69) is 4.72 Å². The summed E-state index contributed by atoms with van der Waals surface area (Å²) in [5.41, 5.74) is 0.628. The topological polar surface area (TPSA) is 46.2 Å². The van der Waals surface area contributed by atoms with Gasteiger partial charge in [-0.1, -0.05) is 41.4 Å². The minimum Gasteiger partial charge on any atom is -0.207 e. The Kier molecular flexibility index (Phi) is 4.88. The van der Waals surface area contributed by atoms with E-state index in [1.165, 1.54) is 36.4 Å². The summed E-state index contributed by atoms with van der Waals surface area (Å²) in [7, 11) is -3.89. The third kappa shape index (κ3) is 3.74. The Hall–Kier alpha value is -1.14. The third-order valence-electron chi connectivity index (χ3n) is 2.89. The Labute approximate surface area is 132 Å². The Balaban J connectivity index is 2.31. The van der Waals surface area contributed by atoms with Gasteiger partial charge in [0.1, 0.15) is 10.7 Å². The van der Waals surface area contributed by atoms with Gasteiger partial charge in [-0.05, 0) is 36.8 Å². The molecule has 3 nitrogen and oxygen atoms in total. The molecule has 112 valence electrons. The molecule has 1 atom stereocenters. The maximum atomic E-state index is 12.9. The summed E-state index contributed by atoms with van der Waals surface area (Å²) in [4.78, 5) is -0.165. The normalized spacial score (nSPS) is 13.1. The first kappa shape index (κ1) is 16.2. The van der Waals surface area contributed by atoms with Gasteiger partial charge in [0.05, 0.1) is 10.0 Å². The Morgan fingerprint density at radius 1 is 1.05 bits per heavy atom. The summed E-state index contributed by atoms with van der Waals surface area (Å²) in [6.45, 7) is 1.65. The molecule has 2 rings (SSSR count). The number of hydrogen-bond donors (Lipinski definition) is 1. The van der Waals surface area contributed by atoms with Gasteiger partial charge in [-0.15, -0.1) is 0 Å². The lowest BCUT2D eigenvalue weighted by molar-refractivity contribution is 0.566. The molecule has 0 radical (unpaired) electrons. The molecule has 0 spiro atoms. The Morgan fingerprint density at radius 2 is 1.57 bits per heavy atom. The smallest absolute Gasteiger partial charge is 0.207 e. The predicted octanol–water partition coefficient (Wildman–Crippen LogP) is 4.17. The van der Waals surface area contributed by atoms with Crippen LogP contribution in [0.1, 0.15) is 18.5 Å². The molecule has 0 amide bonds. The lowest BCUT2D eigenvalue weighted by Gasteiger charge is -2.16. The first-order valence-electron chi connectivity index (χ1n) is 6.03. The average molecular weight is 348 g/mol. The van der Waals surface area contributed by atoms with Crippen molar-refractivity contribution in [3.63, 3.8) is 0 Å². The first-order valence-corrected chi connectivity index (χ1v) is 8.27.